The zero-order valence-electron chi connectivity index (χ0n) is 11.1. The van der Waals surface area contributed by atoms with E-state index in [9.17, 15) is 9.59 Å². The lowest BCUT2D eigenvalue weighted by molar-refractivity contribution is 0.699. The molecule has 0 amide bonds. The number of hydrogen-bond acceptors (Lipinski definition) is 3. The summed E-state index contributed by atoms with van der Waals surface area (Å²) in [5.41, 5.74) is 1.65. The number of hydrogen-bond donors (Lipinski definition) is 0. The van der Waals surface area contributed by atoms with E-state index in [4.69, 9.17) is 0 Å². The standard InChI is InChI=1S/C13H16N4O2/c1-15-11-10(12(18)16(2)13(15)19)17(8-14-11)7-9-5-3-4-6-9/h5,8H,3-4,6-7H2,1-2H3. The van der Waals surface area contributed by atoms with Crippen LogP contribution in [0, 0.1) is 0 Å². The molecule has 0 bridgehead atoms. The highest BCUT2D eigenvalue weighted by molar-refractivity contribution is 5.70. The molecule has 0 aliphatic heterocycles. The highest BCUT2D eigenvalue weighted by Gasteiger charge is 2.15. The molecule has 0 fully saturated rings. The Hall–Kier alpha value is -2.11. The lowest BCUT2D eigenvalue weighted by Gasteiger charge is -2.07. The third kappa shape index (κ3) is 1.75. The molecule has 2 heterocycles. The molecule has 0 aromatic carbocycles. The fourth-order valence-electron chi connectivity index (χ4n) is 2.62. The second kappa shape index (κ2) is 4.22. The van der Waals surface area contributed by atoms with Crippen molar-refractivity contribution in [3.8, 4) is 0 Å². The van der Waals surface area contributed by atoms with E-state index in [1.54, 1.807) is 13.4 Å². The third-order valence-electron chi connectivity index (χ3n) is 3.73. The third-order valence-corrected chi connectivity index (χ3v) is 3.73. The fraction of sp³-hybridized carbons (Fsp3) is 0.462. The average molecular weight is 260 g/mol. The van der Waals surface area contributed by atoms with Crippen molar-refractivity contribution in [3.05, 3.63) is 38.8 Å². The first-order chi connectivity index (χ1) is 9.09. The molecule has 0 radical (unpaired) electrons. The first kappa shape index (κ1) is 12.0. The van der Waals surface area contributed by atoms with Gasteiger partial charge in [-0.1, -0.05) is 11.6 Å². The van der Waals surface area contributed by atoms with Crippen molar-refractivity contribution >= 4 is 11.2 Å². The predicted molar refractivity (Wildman–Crippen MR) is 72.1 cm³/mol. The highest BCUT2D eigenvalue weighted by atomic mass is 16.2. The van der Waals surface area contributed by atoms with Gasteiger partial charge in [-0.25, -0.2) is 9.78 Å². The molecular weight excluding hydrogens is 244 g/mol. The van der Waals surface area contributed by atoms with Gasteiger partial charge in [-0.3, -0.25) is 13.9 Å². The van der Waals surface area contributed by atoms with Gasteiger partial charge in [0.1, 0.15) is 0 Å². The summed E-state index contributed by atoms with van der Waals surface area (Å²) in [5, 5.41) is 0. The second-order valence-corrected chi connectivity index (χ2v) is 5.01. The van der Waals surface area contributed by atoms with Crippen molar-refractivity contribution < 1.29 is 0 Å². The molecular formula is C13H16N4O2. The maximum Gasteiger partial charge on any atom is 0.332 e. The van der Waals surface area contributed by atoms with Crippen LogP contribution in [0.5, 0.6) is 0 Å². The van der Waals surface area contributed by atoms with Crippen LogP contribution in [-0.4, -0.2) is 18.7 Å². The Bertz CT molecular complexity index is 791. The Balaban J connectivity index is 2.22. The molecule has 19 heavy (non-hydrogen) atoms. The largest absolute Gasteiger partial charge is 0.332 e. The van der Waals surface area contributed by atoms with Crippen molar-refractivity contribution in [3.63, 3.8) is 0 Å². The van der Waals surface area contributed by atoms with E-state index in [0.29, 0.717) is 17.7 Å². The first-order valence-electron chi connectivity index (χ1n) is 6.38. The quantitative estimate of drug-likeness (QED) is 0.741. The van der Waals surface area contributed by atoms with Crippen LogP contribution < -0.4 is 11.2 Å². The lowest BCUT2D eigenvalue weighted by atomic mass is 10.2. The van der Waals surface area contributed by atoms with Gasteiger partial charge >= 0.3 is 5.69 Å². The number of fused-ring (bicyclic) bond motifs is 1. The maximum absolute atomic E-state index is 12.2. The Labute approximate surface area is 109 Å². The van der Waals surface area contributed by atoms with Gasteiger partial charge in [0.05, 0.1) is 6.33 Å². The second-order valence-electron chi connectivity index (χ2n) is 5.01. The smallest absolute Gasteiger partial charge is 0.321 e. The number of nitrogens with zero attached hydrogens (tertiary/aromatic N) is 4. The molecule has 6 nitrogen and oxygen atoms in total. The highest BCUT2D eigenvalue weighted by Crippen LogP contribution is 2.20. The van der Waals surface area contributed by atoms with Gasteiger partial charge < -0.3 is 4.57 Å². The molecule has 100 valence electrons. The minimum atomic E-state index is -0.345. The van der Waals surface area contributed by atoms with Crippen molar-refractivity contribution in [1.29, 1.82) is 0 Å². The van der Waals surface area contributed by atoms with Gasteiger partial charge in [0.2, 0.25) is 0 Å². The molecule has 1 aliphatic rings. The van der Waals surface area contributed by atoms with E-state index in [0.717, 1.165) is 17.4 Å². The van der Waals surface area contributed by atoms with Gasteiger partial charge in [0.25, 0.3) is 5.56 Å². The number of aromatic nitrogens is 4. The molecule has 0 N–H and O–H groups in total. The van der Waals surface area contributed by atoms with E-state index in [1.165, 1.54) is 23.6 Å². The molecule has 0 saturated carbocycles. The summed E-state index contributed by atoms with van der Waals surface area (Å²) < 4.78 is 4.38. The average Bonchev–Trinajstić information content (AvgIpc) is 3.04. The molecule has 0 saturated heterocycles. The van der Waals surface area contributed by atoms with E-state index in [2.05, 4.69) is 11.1 Å². The SMILES string of the molecule is Cn1c(=O)c2c(ncn2CC2=CCCC2)n(C)c1=O. The molecule has 3 rings (SSSR count). The van der Waals surface area contributed by atoms with Crippen LogP contribution in [0.25, 0.3) is 11.2 Å². The van der Waals surface area contributed by atoms with E-state index in [1.807, 2.05) is 4.57 Å². The van der Waals surface area contributed by atoms with Gasteiger partial charge in [-0.05, 0) is 19.3 Å². The lowest BCUT2D eigenvalue weighted by Crippen LogP contribution is -2.37. The Morgan fingerprint density at radius 1 is 1.26 bits per heavy atom. The summed E-state index contributed by atoms with van der Waals surface area (Å²) in [6, 6.07) is 0. The van der Waals surface area contributed by atoms with Crippen molar-refractivity contribution in [2.24, 2.45) is 14.1 Å². The van der Waals surface area contributed by atoms with E-state index < -0.39 is 0 Å². The molecule has 1 aliphatic carbocycles. The topological polar surface area (TPSA) is 61.8 Å². The number of aryl methyl sites for hydroxylation is 1. The predicted octanol–water partition coefficient (Wildman–Crippen LogP) is 0.544. The molecule has 0 spiro atoms. The number of rotatable bonds is 2. The zero-order chi connectivity index (χ0) is 13.6. The van der Waals surface area contributed by atoms with Gasteiger partial charge in [-0.2, -0.15) is 0 Å². The Morgan fingerprint density at radius 2 is 2.05 bits per heavy atom. The number of imidazole rings is 1. The van der Waals surface area contributed by atoms with Crippen LogP contribution in [0.2, 0.25) is 0 Å². The van der Waals surface area contributed by atoms with E-state index in [-0.39, 0.29) is 11.2 Å². The van der Waals surface area contributed by atoms with Crippen LogP contribution >= 0.6 is 0 Å². The van der Waals surface area contributed by atoms with Crippen LogP contribution in [0.4, 0.5) is 0 Å². The van der Waals surface area contributed by atoms with Crippen LogP contribution in [0.3, 0.4) is 0 Å². The summed E-state index contributed by atoms with van der Waals surface area (Å²) in [7, 11) is 3.13. The molecule has 0 atom stereocenters. The Morgan fingerprint density at radius 3 is 2.74 bits per heavy atom. The van der Waals surface area contributed by atoms with Crippen molar-refractivity contribution in [1.82, 2.24) is 18.7 Å². The van der Waals surface area contributed by atoms with Crippen LogP contribution in [-0.2, 0) is 20.6 Å². The fourth-order valence-corrected chi connectivity index (χ4v) is 2.62. The van der Waals surface area contributed by atoms with Gasteiger partial charge in [0, 0.05) is 20.6 Å². The normalized spacial score (nSPS) is 15.2. The van der Waals surface area contributed by atoms with Crippen molar-refractivity contribution in [2.45, 2.75) is 25.8 Å². The Kier molecular flexibility index (Phi) is 2.66. The van der Waals surface area contributed by atoms with Gasteiger partial charge in [-0.15, -0.1) is 0 Å². The van der Waals surface area contributed by atoms with Gasteiger partial charge in [0.15, 0.2) is 11.2 Å². The maximum atomic E-state index is 12.2. The molecule has 0 unspecified atom stereocenters. The molecule has 2 aromatic rings. The summed E-state index contributed by atoms with van der Waals surface area (Å²) >= 11 is 0. The summed E-state index contributed by atoms with van der Waals surface area (Å²) in [6.07, 6.45) is 7.23. The minimum Gasteiger partial charge on any atom is -0.321 e. The minimum absolute atomic E-state index is 0.283. The monoisotopic (exact) mass is 260 g/mol. The van der Waals surface area contributed by atoms with E-state index >= 15 is 0 Å². The first-order valence-corrected chi connectivity index (χ1v) is 6.38. The summed E-state index contributed by atoms with van der Waals surface area (Å²) in [4.78, 5) is 28.3. The molecule has 2 aromatic heterocycles. The summed E-state index contributed by atoms with van der Waals surface area (Å²) in [6.45, 7) is 0.684. The molecule has 6 heteroatoms. The van der Waals surface area contributed by atoms with Crippen LogP contribution in [0.1, 0.15) is 19.3 Å². The summed E-state index contributed by atoms with van der Waals surface area (Å²) in [5.74, 6) is 0. The van der Waals surface area contributed by atoms with Crippen LogP contribution in [0.15, 0.2) is 27.6 Å². The zero-order valence-corrected chi connectivity index (χ0v) is 11.1. The number of allylic oxidation sites excluding steroid dienone is 2. The van der Waals surface area contributed by atoms with Crippen molar-refractivity contribution in [2.75, 3.05) is 0 Å².